The number of hydrogen-bond acceptors (Lipinski definition) is 3. The predicted molar refractivity (Wildman–Crippen MR) is 70.3 cm³/mol. The van der Waals surface area contributed by atoms with Crippen molar-refractivity contribution in [1.82, 2.24) is 15.1 Å². The minimum atomic E-state index is 0.0689. The third kappa shape index (κ3) is 3.69. The van der Waals surface area contributed by atoms with E-state index in [9.17, 15) is 0 Å². The lowest BCUT2D eigenvalue weighted by Gasteiger charge is -2.25. The summed E-state index contributed by atoms with van der Waals surface area (Å²) in [5.74, 6) is 0. The summed E-state index contributed by atoms with van der Waals surface area (Å²) in [5, 5.41) is 8.33. The van der Waals surface area contributed by atoms with Gasteiger partial charge in [-0.05, 0) is 26.8 Å². The van der Waals surface area contributed by atoms with Crippen molar-refractivity contribution in [2.24, 2.45) is 7.05 Å². The molecule has 2 atom stereocenters. The molecule has 1 rings (SSSR count). The Bertz CT molecular complexity index is 321. The highest BCUT2D eigenvalue weighted by Crippen LogP contribution is 2.26. The van der Waals surface area contributed by atoms with Crippen LogP contribution in [0.25, 0.3) is 0 Å². The zero-order chi connectivity index (χ0) is 12.8. The molecule has 1 aromatic rings. The van der Waals surface area contributed by atoms with Crippen molar-refractivity contribution in [2.45, 2.75) is 39.3 Å². The molecule has 0 aliphatic heterocycles. The van der Waals surface area contributed by atoms with Gasteiger partial charge in [-0.3, -0.25) is 4.68 Å². The second kappa shape index (κ2) is 6.99. The fourth-order valence-corrected chi connectivity index (χ4v) is 2.20. The molecule has 0 aliphatic carbocycles. The van der Waals surface area contributed by atoms with Gasteiger partial charge in [0.25, 0.3) is 0 Å². The lowest BCUT2D eigenvalue weighted by molar-refractivity contribution is 0.0451. The highest BCUT2D eigenvalue weighted by Gasteiger charge is 2.24. The summed E-state index contributed by atoms with van der Waals surface area (Å²) in [6.07, 6.45) is 2.82. The second-order valence-electron chi connectivity index (χ2n) is 4.09. The van der Waals surface area contributed by atoms with E-state index in [1.807, 2.05) is 18.7 Å². The largest absolute Gasteiger partial charge is 0.377 e. The first kappa shape index (κ1) is 14.5. The number of rotatable bonds is 7. The minimum Gasteiger partial charge on any atom is -0.377 e. The molecule has 17 heavy (non-hydrogen) atoms. The molecular formula is C12H22ClN3O. The molecule has 0 aliphatic rings. The molecule has 98 valence electrons. The fourth-order valence-electron chi connectivity index (χ4n) is 1.91. The normalized spacial score (nSPS) is 14.9. The van der Waals surface area contributed by atoms with Crippen LogP contribution in [-0.2, 0) is 11.8 Å². The van der Waals surface area contributed by atoms with Crippen LogP contribution in [0.4, 0.5) is 0 Å². The summed E-state index contributed by atoms with van der Waals surface area (Å²) in [5.41, 5.74) is 0.987. The molecule has 0 aromatic carbocycles. The number of aromatic nitrogens is 2. The molecule has 1 aromatic heterocycles. The Kier molecular flexibility index (Phi) is 5.95. The number of hydrogen-bond donors (Lipinski definition) is 1. The van der Waals surface area contributed by atoms with Crippen molar-refractivity contribution in [1.29, 1.82) is 0 Å². The van der Waals surface area contributed by atoms with E-state index in [0.29, 0.717) is 11.6 Å². The Balaban J connectivity index is 2.89. The monoisotopic (exact) mass is 259 g/mol. The molecule has 0 saturated heterocycles. The molecule has 0 amide bonds. The van der Waals surface area contributed by atoms with Crippen molar-refractivity contribution in [3.63, 3.8) is 0 Å². The van der Waals surface area contributed by atoms with Gasteiger partial charge in [-0.15, -0.1) is 0 Å². The molecule has 0 bridgehead atoms. The maximum Gasteiger partial charge on any atom is 0.0835 e. The summed E-state index contributed by atoms with van der Waals surface area (Å²) in [6.45, 7) is 7.82. The van der Waals surface area contributed by atoms with Crippen LogP contribution in [0, 0.1) is 0 Å². The minimum absolute atomic E-state index is 0.0689. The molecular weight excluding hydrogens is 238 g/mol. The first-order valence-corrected chi connectivity index (χ1v) is 6.51. The SMILES string of the molecule is CCCNC(c1c(Cl)cnn1C)C(C)OCC. The van der Waals surface area contributed by atoms with Gasteiger partial charge in [0.1, 0.15) is 0 Å². The average Bonchev–Trinajstić information content (AvgIpc) is 2.61. The molecule has 1 heterocycles. The van der Waals surface area contributed by atoms with Gasteiger partial charge in [-0.25, -0.2) is 0 Å². The van der Waals surface area contributed by atoms with Gasteiger partial charge in [0.15, 0.2) is 0 Å². The van der Waals surface area contributed by atoms with Gasteiger partial charge in [0.05, 0.1) is 29.1 Å². The molecule has 1 N–H and O–H groups in total. The number of nitrogens with zero attached hydrogens (tertiary/aromatic N) is 2. The first-order chi connectivity index (χ1) is 8.11. The Morgan fingerprint density at radius 2 is 2.24 bits per heavy atom. The van der Waals surface area contributed by atoms with Gasteiger partial charge in [0, 0.05) is 13.7 Å². The zero-order valence-electron chi connectivity index (χ0n) is 11.0. The Hall–Kier alpha value is -0.580. The quantitative estimate of drug-likeness (QED) is 0.818. The molecule has 0 radical (unpaired) electrons. The van der Waals surface area contributed by atoms with Crippen molar-refractivity contribution < 1.29 is 4.74 Å². The summed E-state index contributed by atoms with van der Waals surface area (Å²) in [4.78, 5) is 0. The fraction of sp³-hybridized carbons (Fsp3) is 0.750. The van der Waals surface area contributed by atoms with Gasteiger partial charge in [-0.2, -0.15) is 5.10 Å². The van der Waals surface area contributed by atoms with E-state index in [1.165, 1.54) is 0 Å². The Labute approximate surface area is 108 Å². The van der Waals surface area contributed by atoms with E-state index in [4.69, 9.17) is 16.3 Å². The smallest absolute Gasteiger partial charge is 0.0835 e. The predicted octanol–water partition coefficient (Wildman–Crippen LogP) is 2.54. The number of ether oxygens (including phenoxy) is 1. The van der Waals surface area contributed by atoms with E-state index in [-0.39, 0.29) is 12.1 Å². The number of halogens is 1. The van der Waals surface area contributed by atoms with Crippen LogP contribution < -0.4 is 5.32 Å². The molecule has 0 fully saturated rings. The van der Waals surface area contributed by atoms with E-state index in [0.717, 1.165) is 18.7 Å². The van der Waals surface area contributed by atoms with Crippen LogP contribution in [0.1, 0.15) is 38.9 Å². The third-order valence-electron chi connectivity index (χ3n) is 2.75. The van der Waals surface area contributed by atoms with Gasteiger partial charge in [-0.1, -0.05) is 18.5 Å². The Morgan fingerprint density at radius 1 is 1.53 bits per heavy atom. The van der Waals surface area contributed by atoms with Gasteiger partial charge in [0.2, 0.25) is 0 Å². The van der Waals surface area contributed by atoms with E-state index in [2.05, 4.69) is 24.3 Å². The highest BCUT2D eigenvalue weighted by molar-refractivity contribution is 6.31. The van der Waals surface area contributed by atoms with E-state index < -0.39 is 0 Å². The van der Waals surface area contributed by atoms with Crippen molar-refractivity contribution >= 4 is 11.6 Å². The van der Waals surface area contributed by atoms with Crippen molar-refractivity contribution in [3.05, 3.63) is 16.9 Å². The first-order valence-electron chi connectivity index (χ1n) is 6.14. The van der Waals surface area contributed by atoms with Crippen LogP contribution in [0.15, 0.2) is 6.20 Å². The third-order valence-corrected chi connectivity index (χ3v) is 3.04. The summed E-state index contributed by atoms with van der Waals surface area (Å²) >= 11 is 6.18. The van der Waals surface area contributed by atoms with Crippen molar-refractivity contribution in [2.75, 3.05) is 13.2 Å². The number of aryl methyl sites for hydroxylation is 1. The lowest BCUT2D eigenvalue weighted by atomic mass is 10.1. The van der Waals surface area contributed by atoms with Crippen LogP contribution in [0.3, 0.4) is 0 Å². The summed E-state index contributed by atoms with van der Waals surface area (Å²) in [6, 6.07) is 0.0786. The van der Waals surface area contributed by atoms with E-state index in [1.54, 1.807) is 6.20 Å². The maximum atomic E-state index is 6.18. The van der Waals surface area contributed by atoms with Crippen LogP contribution in [-0.4, -0.2) is 29.0 Å². The molecule has 2 unspecified atom stereocenters. The molecule has 0 saturated carbocycles. The summed E-state index contributed by atoms with van der Waals surface area (Å²) in [7, 11) is 1.90. The number of nitrogens with one attached hydrogen (secondary N) is 1. The Morgan fingerprint density at radius 3 is 2.71 bits per heavy atom. The highest BCUT2D eigenvalue weighted by atomic mass is 35.5. The molecule has 5 heteroatoms. The standard InChI is InChI=1S/C12H22ClN3O/c1-5-7-14-11(9(3)17-6-2)12-10(13)8-15-16(12)4/h8-9,11,14H,5-7H2,1-4H3. The van der Waals surface area contributed by atoms with Crippen LogP contribution in [0.5, 0.6) is 0 Å². The maximum absolute atomic E-state index is 6.18. The topological polar surface area (TPSA) is 39.1 Å². The van der Waals surface area contributed by atoms with Crippen LogP contribution >= 0.6 is 11.6 Å². The van der Waals surface area contributed by atoms with Gasteiger partial charge < -0.3 is 10.1 Å². The zero-order valence-corrected chi connectivity index (χ0v) is 11.8. The molecule has 0 spiro atoms. The average molecular weight is 260 g/mol. The lowest BCUT2D eigenvalue weighted by Crippen LogP contribution is -2.34. The summed E-state index contributed by atoms with van der Waals surface area (Å²) < 4.78 is 7.48. The van der Waals surface area contributed by atoms with Crippen molar-refractivity contribution in [3.8, 4) is 0 Å². The van der Waals surface area contributed by atoms with Gasteiger partial charge >= 0.3 is 0 Å². The van der Waals surface area contributed by atoms with E-state index >= 15 is 0 Å². The molecule has 4 nitrogen and oxygen atoms in total. The van der Waals surface area contributed by atoms with Crippen LogP contribution in [0.2, 0.25) is 5.02 Å². The second-order valence-corrected chi connectivity index (χ2v) is 4.50.